The average Bonchev–Trinajstić information content (AvgIpc) is 3.14. The molecular formula is C20H27F3N6O. The van der Waals surface area contributed by atoms with Crippen LogP contribution in [0.1, 0.15) is 17.7 Å². The lowest BCUT2D eigenvalue weighted by atomic mass is 10.1. The molecule has 2 heterocycles. The lowest BCUT2D eigenvalue weighted by molar-refractivity contribution is -0.137. The molecule has 2 amide bonds. The van der Waals surface area contributed by atoms with E-state index in [9.17, 15) is 18.0 Å². The molecule has 2 aromatic rings. The van der Waals surface area contributed by atoms with Gasteiger partial charge in [-0.15, -0.1) is 0 Å². The number of carbonyl (C=O) groups excluding carboxylic acids is 1. The summed E-state index contributed by atoms with van der Waals surface area (Å²) in [4.78, 5) is 16.1. The van der Waals surface area contributed by atoms with Gasteiger partial charge in [0.05, 0.1) is 17.8 Å². The van der Waals surface area contributed by atoms with Gasteiger partial charge in [-0.1, -0.05) is 6.07 Å². The largest absolute Gasteiger partial charge is 0.416 e. The maximum absolute atomic E-state index is 12.9. The second kappa shape index (κ2) is 9.84. The first kappa shape index (κ1) is 21.9. The summed E-state index contributed by atoms with van der Waals surface area (Å²) in [6.45, 7) is 4.73. The summed E-state index contributed by atoms with van der Waals surface area (Å²) in [6, 6.07) is 7.11. The number of hydrogen-bond acceptors (Lipinski definition) is 4. The maximum Gasteiger partial charge on any atom is 0.416 e. The number of benzene rings is 1. The van der Waals surface area contributed by atoms with Crippen molar-refractivity contribution in [1.29, 1.82) is 0 Å². The first-order valence-electron chi connectivity index (χ1n) is 9.96. The number of amides is 2. The zero-order valence-corrected chi connectivity index (χ0v) is 17.0. The molecule has 0 bridgehead atoms. The third-order valence-electron chi connectivity index (χ3n) is 5.20. The molecule has 0 unspecified atom stereocenters. The van der Waals surface area contributed by atoms with Crippen molar-refractivity contribution in [3.05, 3.63) is 47.8 Å². The van der Waals surface area contributed by atoms with E-state index in [1.807, 2.05) is 18.0 Å². The minimum atomic E-state index is -4.32. The third-order valence-corrected chi connectivity index (χ3v) is 5.20. The van der Waals surface area contributed by atoms with Crippen LogP contribution in [-0.4, -0.2) is 60.0 Å². The van der Waals surface area contributed by atoms with E-state index in [1.54, 1.807) is 16.9 Å². The van der Waals surface area contributed by atoms with Gasteiger partial charge >= 0.3 is 12.2 Å². The van der Waals surface area contributed by atoms with Crippen molar-refractivity contribution in [2.24, 2.45) is 7.05 Å². The summed E-state index contributed by atoms with van der Waals surface area (Å²) in [5.74, 6) is 0. The van der Waals surface area contributed by atoms with E-state index in [4.69, 9.17) is 0 Å². The molecule has 1 fully saturated rings. The Morgan fingerprint density at radius 1 is 1.13 bits per heavy atom. The molecule has 1 aromatic carbocycles. The Kier molecular flexibility index (Phi) is 7.20. The lowest BCUT2D eigenvalue weighted by Gasteiger charge is -2.36. The maximum atomic E-state index is 12.9. The number of halogens is 3. The average molecular weight is 424 g/mol. The number of nitrogens with one attached hydrogen (secondary N) is 2. The van der Waals surface area contributed by atoms with Gasteiger partial charge in [0.15, 0.2) is 0 Å². The van der Waals surface area contributed by atoms with Gasteiger partial charge in [0.2, 0.25) is 0 Å². The highest BCUT2D eigenvalue weighted by Crippen LogP contribution is 2.31. The number of anilines is 1. The summed E-state index contributed by atoms with van der Waals surface area (Å²) in [5, 5.41) is 9.68. The molecule has 3 rings (SSSR count). The molecule has 10 heteroatoms. The molecule has 2 N–H and O–H groups in total. The van der Waals surface area contributed by atoms with Crippen LogP contribution in [0.3, 0.4) is 0 Å². The number of aryl methyl sites for hydroxylation is 1. The highest BCUT2D eigenvalue weighted by molar-refractivity contribution is 5.73. The molecule has 1 aliphatic rings. The fourth-order valence-electron chi connectivity index (χ4n) is 3.42. The predicted octanol–water partition coefficient (Wildman–Crippen LogP) is 2.45. The molecule has 7 nitrogen and oxygen atoms in total. The number of aromatic nitrogens is 2. The molecule has 0 radical (unpaired) electrons. The smallest absolute Gasteiger partial charge is 0.369 e. The molecule has 1 aromatic heterocycles. The van der Waals surface area contributed by atoms with E-state index in [-0.39, 0.29) is 6.03 Å². The SMILES string of the molecule is Cn1nccc1CNC(=O)NCCCN1CCN(c2cccc(C(F)(F)F)c2)CC1. The lowest BCUT2D eigenvalue weighted by Crippen LogP contribution is -2.47. The molecule has 0 aliphatic carbocycles. The first-order valence-corrected chi connectivity index (χ1v) is 9.96. The topological polar surface area (TPSA) is 65.4 Å². The number of urea groups is 1. The molecule has 1 saturated heterocycles. The Balaban J connectivity index is 1.32. The van der Waals surface area contributed by atoms with Gasteiger partial charge < -0.3 is 15.5 Å². The number of hydrogen-bond donors (Lipinski definition) is 2. The van der Waals surface area contributed by atoms with Crippen molar-refractivity contribution in [2.45, 2.75) is 19.1 Å². The van der Waals surface area contributed by atoms with Crippen LogP contribution in [0.15, 0.2) is 36.5 Å². The Labute approximate surface area is 173 Å². The number of piperazine rings is 1. The van der Waals surface area contributed by atoms with Gasteiger partial charge in [0, 0.05) is 51.7 Å². The van der Waals surface area contributed by atoms with E-state index >= 15 is 0 Å². The van der Waals surface area contributed by atoms with Crippen LogP contribution in [0, 0.1) is 0 Å². The zero-order valence-electron chi connectivity index (χ0n) is 17.0. The third kappa shape index (κ3) is 6.12. The fourth-order valence-corrected chi connectivity index (χ4v) is 3.42. The summed E-state index contributed by atoms with van der Waals surface area (Å²) >= 11 is 0. The number of rotatable bonds is 7. The number of nitrogens with zero attached hydrogens (tertiary/aromatic N) is 4. The Morgan fingerprint density at radius 2 is 1.90 bits per heavy atom. The van der Waals surface area contributed by atoms with E-state index in [0.29, 0.717) is 31.9 Å². The van der Waals surface area contributed by atoms with Crippen LogP contribution in [0.2, 0.25) is 0 Å². The molecule has 1 aliphatic heterocycles. The molecule has 30 heavy (non-hydrogen) atoms. The molecule has 0 spiro atoms. The van der Waals surface area contributed by atoms with Crippen LogP contribution in [0.4, 0.5) is 23.7 Å². The summed E-state index contributed by atoms with van der Waals surface area (Å²) in [6.07, 6.45) is -1.83. The highest BCUT2D eigenvalue weighted by Gasteiger charge is 2.31. The van der Waals surface area contributed by atoms with Crippen LogP contribution in [-0.2, 0) is 19.8 Å². The van der Waals surface area contributed by atoms with Gasteiger partial charge in [-0.2, -0.15) is 18.3 Å². The normalized spacial score (nSPS) is 15.3. The Hall–Kier alpha value is -2.75. The van der Waals surface area contributed by atoms with Gasteiger partial charge in [-0.3, -0.25) is 9.58 Å². The zero-order chi connectivity index (χ0) is 21.6. The van der Waals surface area contributed by atoms with Gasteiger partial charge in [0.1, 0.15) is 0 Å². The van der Waals surface area contributed by atoms with Gasteiger partial charge in [0.25, 0.3) is 0 Å². The van der Waals surface area contributed by atoms with E-state index in [2.05, 4.69) is 20.6 Å². The van der Waals surface area contributed by atoms with Crippen LogP contribution < -0.4 is 15.5 Å². The van der Waals surface area contributed by atoms with E-state index in [1.165, 1.54) is 12.1 Å². The second-order valence-corrected chi connectivity index (χ2v) is 7.29. The van der Waals surface area contributed by atoms with Crippen LogP contribution in [0.5, 0.6) is 0 Å². The van der Waals surface area contributed by atoms with E-state index in [0.717, 1.165) is 37.8 Å². The standard InChI is InChI=1S/C20H27F3N6O/c1-27-18(6-8-26-27)15-25-19(30)24-7-3-9-28-10-12-29(13-11-28)17-5-2-4-16(14-17)20(21,22)23/h2,4-6,8,14H,3,7,9-13,15H2,1H3,(H2,24,25,30). The second-order valence-electron chi connectivity index (χ2n) is 7.29. The minimum absolute atomic E-state index is 0.217. The quantitative estimate of drug-likeness (QED) is 0.671. The van der Waals surface area contributed by atoms with E-state index < -0.39 is 11.7 Å². The fraction of sp³-hybridized carbons (Fsp3) is 0.500. The summed E-state index contributed by atoms with van der Waals surface area (Å²) in [5.41, 5.74) is 0.912. The van der Waals surface area contributed by atoms with Crippen molar-refractivity contribution < 1.29 is 18.0 Å². The Morgan fingerprint density at radius 3 is 2.57 bits per heavy atom. The van der Waals surface area contributed by atoms with Crippen LogP contribution in [0.25, 0.3) is 0 Å². The minimum Gasteiger partial charge on any atom is -0.369 e. The van der Waals surface area contributed by atoms with Crippen molar-refractivity contribution in [3.8, 4) is 0 Å². The highest BCUT2D eigenvalue weighted by atomic mass is 19.4. The molecular weight excluding hydrogens is 397 g/mol. The van der Waals surface area contributed by atoms with Crippen molar-refractivity contribution in [1.82, 2.24) is 25.3 Å². The predicted molar refractivity (Wildman–Crippen MR) is 108 cm³/mol. The molecule has 164 valence electrons. The summed E-state index contributed by atoms with van der Waals surface area (Å²) in [7, 11) is 1.82. The van der Waals surface area contributed by atoms with Gasteiger partial charge in [-0.25, -0.2) is 4.79 Å². The van der Waals surface area contributed by atoms with Gasteiger partial charge in [-0.05, 0) is 37.2 Å². The summed E-state index contributed by atoms with van der Waals surface area (Å²) < 4.78 is 40.4. The van der Waals surface area contributed by atoms with Crippen molar-refractivity contribution >= 4 is 11.7 Å². The first-order chi connectivity index (χ1) is 14.3. The number of carbonyl (C=O) groups is 1. The Bertz CT molecular complexity index is 830. The molecule has 0 saturated carbocycles. The van der Waals surface area contributed by atoms with Crippen molar-refractivity contribution in [2.75, 3.05) is 44.2 Å². The number of alkyl halides is 3. The van der Waals surface area contributed by atoms with Crippen LogP contribution >= 0.6 is 0 Å². The monoisotopic (exact) mass is 424 g/mol. The molecule has 0 atom stereocenters. The van der Waals surface area contributed by atoms with Crippen molar-refractivity contribution in [3.63, 3.8) is 0 Å².